The summed E-state index contributed by atoms with van der Waals surface area (Å²) < 4.78 is 1.37. The molecule has 8 heteroatoms. The smallest absolute Gasteiger partial charge is 0.274 e. The molecule has 0 radical (unpaired) electrons. The first-order chi connectivity index (χ1) is 13.5. The van der Waals surface area contributed by atoms with Crippen molar-refractivity contribution in [2.75, 3.05) is 19.6 Å². The molecule has 28 heavy (non-hydrogen) atoms. The highest BCUT2D eigenvalue weighted by atomic mass is 16.2. The molecule has 0 aliphatic carbocycles. The second kappa shape index (κ2) is 8.86. The zero-order chi connectivity index (χ0) is 20.1. The highest BCUT2D eigenvalue weighted by molar-refractivity contribution is 5.94. The maximum Gasteiger partial charge on any atom is 0.274 e. The molecule has 1 aliphatic rings. The van der Waals surface area contributed by atoms with Crippen molar-refractivity contribution >= 4 is 11.8 Å². The van der Waals surface area contributed by atoms with E-state index in [4.69, 9.17) is 0 Å². The average Bonchev–Trinajstić information content (AvgIpc) is 3.08. The monoisotopic (exact) mass is 385 g/mol. The minimum atomic E-state index is -0.201. The number of carbonyl (C=O) groups excluding carboxylic acids is 2. The van der Waals surface area contributed by atoms with Gasteiger partial charge in [0.25, 0.3) is 11.5 Å². The molecule has 2 N–H and O–H groups in total. The topological polar surface area (TPSA) is 100 Å². The summed E-state index contributed by atoms with van der Waals surface area (Å²) in [7, 11) is 0. The van der Waals surface area contributed by atoms with E-state index in [0.717, 1.165) is 30.5 Å². The van der Waals surface area contributed by atoms with E-state index >= 15 is 0 Å². The van der Waals surface area contributed by atoms with Gasteiger partial charge in [-0.15, -0.1) is 0 Å². The molecule has 2 amide bonds. The summed E-state index contributed by atoms with van der Waals surface area (Å²) in [5.41, 5.74) is 2.19. The molecule has 1 fully saturated rings. The zero-order valence-corrected chi connectivity index (χ0v) is 16.4. The number of piperidine rings is 1. The van der Waals surface area contributed by atoms with E-state index in [0.29, 0.717) is 25.3 Å². The Labute approximate surface area is 163 Å². The molecule has 1 aliphatic heterocycles. The van der Waals surface area contributed by atoms with E-state index in [1.807, 2.05) is 18.7 Å². The molecular weight excluding hydrogens is 358 g/mol. The number of carbonyl (C=O) groups is 2. The number of aromatic amines is 1. The fourth-order valence-corrected chi connectivity index (χ4v) is 3.61. The van der Waals surface area contributed by atoms with Crippen LogP contribution in [0.2, 0.25) is 0 Å². The Bertz CT molecular complexity index is 901. The molecule has 0 spiro atoms. The van der Waals surface area contributed by atoms with Gasteiger partial charge in [-0.25, -0.2) is 0 Å². The highest BCUT2D eigenvalue weighted by Gasteiger charge is 2.27. The van der Waals surface area contributed by atoms with Crippen LogP contribution < -0.4 is 10.9 Å². The minimum Gasteiger partial charge on any atom is -0.354 e. The molecule has 2 aromatic heterocycles. The van der Waals surface area contributed by atoms with Crippen molar-refractivity contribution in [3.05, 3.63) is 51.7 Å². The second-order valence-electron chi connectivity index (χ2n) is 7.26. The Balaban J connectivity index is 1.54. The van der Waals surface area contributed by atoms with E-state index < -0.39 is 0 Å². The van der Waals surface area contributed by atoms with Crippen LogP contribution in [0, 0.1) is 12.8 Å². The van der Waals surface area contributed by atoms with Crippen molar-refractivity contribution in [1.82, 2.24) is 25.0 Å². The molecule has 1 atom stereocenters. The summed E-state index contributed by atoms with van der Waals surface area (Å²) in [6.45, 7) is 5.74. The molecule has 1 saturated heterocycles. The molecule has 0 aromatic carbocycles. The lowest BCUT2D eigenvalue weighted by Gasteiger charge is -2.32. The Morgan fingerprint density at radius 1 is 1.36 bits per heavy atom. The molecule has 1 unspecified atom stereocenters. The second-order valence-corrected chi connectivity index (χ2v) is 7.26. The lowest BCUT2D eigenvalue weighted by atomic mass is 9.97. The third-order valence-electron chi connectivity index (χ3n) is 5.27. The normalized spacial score (nSPS) is 16.8. The predicted molar refractivity (Wildman–Crippen MR) is 105 cm³/mol. The summed E-state index contributed by atoms with van der Waals surface area (Å²) in [4.78, 5) is 38.5. The first-order valence-electron chi connectivity index (χ1n) is 9.74. The lowest BCUT2D eigenvalue weighted by molar-refractivity contribution is -0.121. The number of amides is 2. The number of hydrogen-bond acceptors (Lipinski definition) is 4. The van der Waals surface area contributed by atoms with Crippen molar-refractivity contribution in [3.63, 3.8) is 0 Å². The summed E-state index contributed by atoms with van der Waals surface area (Å²) in [6, 6.07) is 4.80. The number of aryl methyl sites for hydroxylation is 1. The number of hydrogen-bond donors (Lipinski definition) is 2. The number of H-pyrrole nitrogens is 1. The van der Waals surface area contributed by atoms with E-state index in [1.54, 1.807) is 18.3 Å². The van der Waals surface area contributed by atoms with Gasteiger partial charge in [-0.2, -0.15) is 5.10 Å². The third-order valence-corrected chi connectivity index (χ3v) is 5.27. The van der Waals surface area contributed by atoms with Crippen molar-refractivity contribution in [2.24, 2.45) is 5.92 Å². The van der Waals surface area contributed by atoms with Crippen LogP contribution in [-0.4, -0.2) is 51.1 Å². The number of rotatable bonds is 6. The van der Waals surface area contributed by atoms with Crippen LogP contribution in [0.5, 0.6) is 0 Å². The van der Waals surface area contributed by atoms with Crippen molar-refractivity contribution in [1.29, 1.82) is 0 Å². The first kappa shape index (κ1) is 19.9. The summed E-state index contributed by atoms with van der Waals surface area (Å²) in [6.07, 6.45) is 4.26. The molecule has 8 nitrogen and oxygen atoms in total. The average molecular weight is 385 g/mol. The van der Waals surface area contributed by atoms with Crippen molar-refractivity contribution in [3.8, 4) is 0 Å². The molecule has 3 rings (SSSR count). The van der Waals surface area contributed by atoms with Gasteiger partial charge in [-0.3, -0.25) is 19.5 Å². The maximum atomic E-state index is 12.8. The molecule has 0 bridgehead atoms. The predicted octanol–water partition coefficient (Wildman–Crippen LogP) is 1.11. The molecule has 3 heterocycles. The van der Waals surface area contributed by atoms with Gasteiger partial charge >= 0.3 is 0 Å². The van der Waals surface area contributed by atoms with Gasteiger partial charge < -0.3 is 14.8 Å². The number of nitrogens with one attached hydrogen (secondary N) is 2. The number of pyridine rings is 1. The van der Waals surface area contributed by atoms with E-state index in [-0.39, 0.29) is 29.8 Å². The highest BCUT2D eigenvalue weighted by Crippen LogP contribution is 2.20. The summed E-state index contributed by atoms with van der Waals surface area (Å²) in [5.74, 6) is -0.0631. The lowest BCUT2D eigenvalue weighted by Crippen LogP contribution is -2.44. The van der Waals surface area contributed by atoms with Crippen LogP contribution in [-0.2, 0) is 17.8 Å². The van der Waals surface area contributed by atoms with Crippen LogP contribution in [0.15, 0.2) is 29.2 Å². The van der Waals surface area contributed by atoms with E-state index in [2.05, 4.69) is 15.5 Å². The SMILES string of the molecule is CCc1[nH]nc(C(=O)N2CCCC(CNC(=O)Cn3ccccc3=O)C2)c1C. The molecular formula is C20H27N5O3. The van der Waals surface area contributed by atoms with Gasteiger partial charge in [0.05, 0.1) is 0 Å². The largest absolute Gasteiger partial charge is 0.354 e. The molecule has 2 aromatic rings. The number of aromatic nitrogens is 3. The molecule has 0 saturated carbocycles. The van der Waals surface area contributed by atoms with Crippen molar-refractivity contribution in [2.45, 2.75) is 39.7 Å². The standard InChI is InChI=1S/C20H27N5O3/c1-3-16-14(2)19(23-22-16)20(28)25-10-6-7-15(12-25)11-21-17(26)13-24-9-5-4-8-18(24)27/h4-5,8-9,15H,3,6-7,10-13H2,1-2H3,(H,21,26)(H,22,23). The van der Waals surface area contributed by atoms with Crippen LogP contribution in [0.1, 0.15) is 41.5 Å². The molecule has 150 valence electrons. The maximum absolute atomic E-state index is 12.8. The van der Waals surface area contributed by atoms with Crippen LogP contribution in [0.4, 0.5) is 0 Å². The summed E-state index contributed by atoms with van der Waals surface area (Å²) in [5, 5.41) is 10.0. The fraction of sp³-hybridized carbons (Fsp3) is 0.500. The van der Waals surface area contributed by atoms with Crippen LogP contribution in [0.3, 0.4) is 0 Å². The zero-order valence-electron chi connectivity index (χ0n) is 16.4. The van der Waals surface area contributed by atoms with Crippen LogP contribution >= 0.6 is 0 Å². The Morgan fingerprint density at radius 2 is 2.18 bits per heavy atom. The van der Waals surface area contributed by atoms with Gasteiger partial charge in [0.1, 0.15) is 6.54 Å². The minimum absolute atomic E-state index is 0.00129. The van der Waals surface area contributed by atoms with Gasteiger partial charge in [-0.1, -0.05) is 13.0 Å². The summed E-state index contributed by atoms with van der Waals surface area (Å²) >= 11 is 0. The Kier molecular flexibility index (Phi) is 6.28. The van der Waals surface area contributed by atoms with Crippen molar-refractivity contribution < 1.29 is 9.59 Å². The number of nitrogens with zero attached hydrogens (tertiary/aromatic N) is 3. The fourth-order valence-electron chi connectivity index (χ4n) is 3.61. The van der Waals surface area contributed by atoms with Gasteiger partial charge in [0.15, 0.2) is 5.69 Å². The van der Waals surface area contributed by atoms with Gasteiger partial charge in [-0.05, 0) is 38.2 Å². The first-order valence-corrected chi connectivity index (χ1v) is 9.74. The van der Waals surface area contributed by atoms with Gasteiger partial charge in [0.2, 0.25) is 5.91 Å². The third kappa shape index (κ3) is 4.49. The number of likely N-dealkylation sites (tertiary alicyclic amines) is 1. The Hall–Kier alpha value is -2.90. The van der Waals surface area contributed by atoms with E-state index in [1.165, 1.54) is 10.6 Å². The van der Waals surface area contributed by atoms with Gasteiger partial charge in [0, 0.05) is 43.2 Å². The Morgan fingerprint density at radius 3 is 2.89 bits per heavy atom. The quantitative estimate of drug-likeness (QED) is 0.778. The van der Waals surface area contributed by atoms with Crippen LogP contribution in [0.25, 0.3) is 0 Å². The van der Waals surface area contributed by atoms with E-state index in [9.17, 15) is 14.4 Å².